The number of aryl methyl sites for hydroxylation is 1. The van der Waals surface area contributed by atoms with Crippen molar-refractivity contribution in [3.8, 4) is 5.75 Å². The Morgan fingerprint density at radius 1 is 1.11 bits per heavy atom. The van der Waals surface area contributed by atoms with E-state index in [1.165, 1.54) is 22.6 Å². The quantitative estimate of drug-likeness (QED) is 0.559. The van der Waals surface area contributed by atoms with Gasteiger partial charge < -0.3 is 4.74 Å². The lowest BCUT2D eigenvalue weighted by molar-refractivity contribution is -0.120. The third kappa shape index (κ3) is 4.87. The molecule has 1 amide bonds. The molecule has 0 atom stereocenters. The molecule has 3 aromatic rings. The van der Waals surface area contributed by atoms with E-state index in [-0.39, 0.29) is 29.6 Å². The molecule has 0 aliphatic carbocycles. The van der Waals surface area contributed by atoms with Crippen LogP contribution in [0.5, 0.6) is 5.75 Å². The number of rotatable bonds is 7. The van der Waals surface area contributed by atoms with Crippen LogP contribution in [-0.2, 0) is 17.8 Å². The normalized spacial score (nSPS) is 10.5. The van der Waals surface area contributed by atoms with E-state index in [1.807, 2.05) is 24.3 Å². The first kappa shape index (κ1) is 19.8. The first-order valence-corrected chi connectivity index (χ1v) is 9.32. The van der Waals surface area contributed by atoms with Gasteiger partial charge in [0.15, 0.2) is 6.61 Å². The largest absolute Gasteiger partial charge is 0.484 e. The highest BCUT2D eigenvalue weighted by atomic mass is 35.5. The summed E-state index contributed by atoms with van der Waals surface area (Å²) in [4.78, 5) is 18.4. The standard InChI is InChI=1S/C22H20ClFN2O2/c1-2-16-9-11-17(12-10-16)28-15-22(27)26(21-8-3-4-13-25-21)14-18-19(23)6-5-7-20(18)24/h3-13H,2,14-15H2,1H3. The van der Waals surface area contributed by atoms with Crippen molar-refractivity contribution in [3.05, 3.63) is 88.8 Å². The second-order valence-corrected chi connectivity index (χ2v) is 6.56. The molecule has 4 nitrogen and oxygen atoms in total. The molecular formula is C22H20ClFN2O2. The number of aromatic nitrogens is 1. The Morgan fingerprint density at radius 2 is 1.89 bits per heavy atom. The first-order chi connectivity index (χ1) is 13.6. The van der Waals surface area contributed by atoms with Gasteiger partial charge in [0, 0.05) is 16.8 Å². The van der Waals surface area contributed by atoms with Crippen LogP contribution >= 0.6 is 11.6 Å². The number of carbonyl (C=O) groups is 1. The zero-order valence-corrected chi connectivity index (χ0v) is 16.2. The average Bonchev–Trinajstić information content (AvgIpc) is 2.73. The molecule has 6 heteroatoms. The predicted molar refractivity (Wildman–Crippen MR) is 108 cm³/mol. The van der Waals surface area contributed by atoms with Crippen molar-refractivity contribution in [1.82, 2.24) is 4.98 Å². The van der Waals surface area contributed by atoms with Crippen molar-refractivity contribution < 1.29 is 13.9 Å². The van der Waals surface area contributed by atoms with Gasteiger partial charge in [0.1, 0.15) is 17.4 Å². The van der Waals surface area contributed by atoms with E-state index in [9.17, 15) is 9.18 Å². The molecule has 0 aliphatic rings. The summed E-state index contributed by atoms with van der Waals surface area (Å²) in [6.45, 7) is 1.82. The van der Waals surface area contributed by atoms with Crippen LogP contribution in [-0.4, -0.2) is 17.5 Å². The molecule has 0 bridgehead atoms. The number of amides is 1. The molecule has 28 heavy (non-hydrogen) atoms. The van der Waals surface area contributed by atoms with Crippen LogP contribution in [0.25, 0.3) is 0 Å². The van der Waals surface area contributed by atoms with Crippen molar-refractivity contribution in [1.29, 1.82) is 0 Å². The van der Waals surface area contributed by atoms with Crippen LogP contribution in [0.3, 0.4) is 0 Å². The average molecular weight is 399 g/mol. The van der Waals surface area contributed by atoms with Crippen LogP contribution in [0.15, 0.2) is 66.9 Å². The Kier molecular flexibility index (Phi) is 6.61. The number of anilines is 1. The van der Waals surface area contributed by atoms with Gasteiger partial charge in [-0.1, -0.05) is 42.8 Å². The van der Waals surface area contributed by atoms with Crippen molar-refractivity contribution >= 4 is 23.3 Å². The topological polar surface area (TPSA) is 42.4 Å². The molecule has 0 aliphatic heterocycles. The number of ether oxygens (including phenoxy) is 1. The van der Waals surface area contributed by atoms with Crippen LogP contribution in [0.4, 0.5) is 10.2 Å². The Bertz CT molecular complexity index is 913. The number of benzene rings is 2. The minimum Gasteiger partial charge on any atom is -0.484 e. The van der Waals surface area contributed by atoms with Gasteiger partial charge in [-0.2, -0.15) is 0 Å². The minimum absolute atomic E-state index is 0.0422. The van der Waals surface area contributed by atoms with Gasteiger partial charge >= 0.3 is 0 Å². The monoisotopic (exact) mass is 398 g/mol. The Morgan fingerprint density at radius 3 is 2.54 bits per heavy atom. The van der Waals surface area contributed by atoms with Gasteiger partial charge in [0.2, 0.25) is 0 Å². The lowest BCUT2D eigenvalue weighted by Crippen LogP contribution is -2.35. The summed E-state index contributed by atoms with van der Waals surface area (Å²) >= 11 is 6.14. The summed E-state index contributed by atoms with van der Waals surface area (Å²) in [5.74, 6) is 0.169. The maximum Gasteiger partial charge on any atom is 0.266 e. The van der Waals surface area contributed by atoms with E-state index in [0.717, 1.165) is 6.42 Å². The molecule has 0 spiro atoms. The van der Waals surface area contributed by atoms with E-state index < -0.39 is 5.82 Å². The van der Waals surface area contributed by atoms with Crippen molar-refractivity contribution in [2.75, 3.05) is 11.5 Å². The lowest BCUT2D eigenvalue weighted by atomic mass is 10.2. The fourth-order valence-corrected chi connectivity index (χ4v) is 2.92. The third-order valence-electron chi connectivity index (χ3n) is 4.30. The second-order valence-electron chi connectivity index (χ2n) is 6.15. The van der Waals surface area contributed by atoms with Crippen LogP contribution in [0, 0.1) is 5.82 Å². The fraction of sp³-hybridized carbons (Fsp3) is 0.182. The van der Waals surface area contributed by atoms with E-state index in [4.69, 9.17) is 16.3 Å². The van der Waals surface area contributed by atoms with Crippen molar-refractivity contribution in [3.63, 3.8) is 0 Å². The highest BCUT2D eigenvalue weighted by Crippen LogP contribution is 2.23. The lowest BCUT2D eigenvalue weighted by Gasteiger charge is -2.22. The molecular weight excluding hydrogens is 379 g/mol. The van der Waals surface area contributed by atoms with Crippen LogP contribution in [0.2, 0.25) is 5.02 Å². The maximum absolute atomic E-state index is 14.2. The predicted octanol–water partition coefficient (Wildman–Crippen LogP) is 5.05. The molecule has 144 valence electrons. The van der Waals surface area contributed by atoms with E-state index in [0.29, 0.717) is 11.6 Å². The molecule has 0 saturated carbocycles. The van der Waals surface area contributed by atoms with Gasteiger partial charge in [-0.3, -0.25) is 9.69 Å². The summed E-state index contributed by atoms with van der Waals surface area (Å²) in [5, 5.41) is 0.254. The molecule has 0 N–H and O–H groups in total. The fourth-order valence-electron chi connectivity index (χ4n) is 2.70. The molecule has 1 aromatic heterocycles. The maximum atomic E-state index is 14.2. The van der Waals surface area contributed by atoms with Crippen LogP contribution in [0.1, 0.15) is 18.1 Å². The molecule has 2 aromatic carbocycles. The van der Waals surface area contributed by atoms with Gasteiger partial charge in [-0.15, -0.1) is 0 Å². The number of hydrogen-bond acceptors (Lipinski definition) is 3. The van der Waals surface area contributed by atoms with Crippen molar-refractivity contribution in [2.45, 2.75) is 19.9 Å². The van der Waals surface area contributed by atoms with E-state index >= 15 is 0 Å². The highest BCUT2D eigenvalue weighted by molar-refractivity contribution is 6.31. The number of nitrogens with zero attached hydrogens (tertiary/aromatic N) is 2. The summed E-state index contributed by atoms with van der Waals surface area (Å²) in [6, 6.07) is 17.2. The third-order valence-corrected chi connectivity index (χ3v) is 4.65. The van der Waals surface area contributed by atoms with Crippen LogP contribution < -0.4 is 9.64 Å². The Hall–Kier alpha value is -2.92. The van der Waals surface area contributed by atoms with Gasteiger partial charge in [-0.25, -0.2) is 9.37 Å². The van der Waals surface area contributed by atoms with Gasteiger partial charge in [0.25, 0.3) is 5.91 Å². The first-order valence-electron chi connectivity index (χ1n) is 8.94. The number of carbonyl (C=O) groups excluding carboxylic acids is 1. The number of pyridine rings is 1. The second kappa shape index (κ2) is 9.33. The smallest absolute Gasteiger partial charge is 0.266 e. The number of hydrogen-bond donors (Lipinski definition) is 0. The molecule has 0 fully saturated rings. The summed E-state index contributed by atoms with van der Waals surface area (Å²) in [6.07, 6.45) is 2.50. The molecule has 1 heterocycles. The number of halogens is 2. The van der Waals surface area contributed by atoms with E-state index in [2.05, 4.69) is 11.9 Å². The molecule has 3 rings (SSSR count). The van der Waals surface area contributed by atoms with Gasteiger partial charge in [-0.05, 0) is 48.4 Å². The Labute approximate surface area is 168 Å². The summed E-state index contributed by atoms with van der Waals surface area (Å²) in [5.41, 5.74) is 1.42. The zero-order valence-electron chi connectivity index (χ0n) is 15.4. The Balaban J connectivity index is 1.79. The molecule has 0 radical (unpaired) electrons. The van der Waals surface area contributed by atoms with Crippen molar-refractivity contribution in [2.24, 2.45) is 0 Å². The molecule has 0 saturated heterocycles. The summed E-state index contributed by atoms with van der Waals surface area (Å²) in [7, 11) is 0. The minimum atomic E-state index is -0.475. The van der Waals surface area contributed by atoms with Gasteiger partial charge in [0.05, 0.1) is 6.54 Å². The zero-order chi connectivity index (χ0) is 19.9. The van der Waals surface area contributed by atoms with E-state index in [1.54, 1.807) is 30.5 Å². The SMILES string of the molecule is CCc1ccc(OCC(=O)N(Cc2c(F)cccc2Cl)c2ccccn2)cc1. The highest BCUT2D eigenvalue weighted by Gasteiger charge is 2.21. The summed E-state index contributed by atoms with van der Waals surface area (Å²) < 4.78 is 19.9. The molecule has 0 unspecified atom stereocenters.